The lowest BCUT2D eigenvalue weighted by molar-refractivity contribution is 0.350. The van der Waals surface area contributed by atoms with E-state index in [4.69, 9.17) is 5.11 Å². The fourth-order valence-electron chi connectivity index (χ4n) is 1.59. The van der Waals surface area contributed by atoms with Crippen molar-refractivity contribution in [2.24, 2.45) is 0 Å². The number of aromatic amines is 1. The zero-order valence-electron chi connectivity index (χ0n) is 10.7. The summed E-state index contributed by atoms with van der Waals surface area (Å²) < 4.78 is 26.5. The summed E-state index contributed by atoms with van der Waals surface area (Å²) in [5.41, 5.74) is 1.91. The van der Waals surface area contributed by atoms with Gasteiger partial charge in [-0.2, -0.15) is 13.5 Å². The third-order valence-corrected chi connectivity index (χ3v) is 3.84. The van der Waals surface area contributed by atoms with Crippen molar-refractivity contribution in [1.82, 2.24) is 10.2 Å². The molecule has 0 aliphatic rings. The second-order valence-corrected chi connectivity index (χ2v) is 5.67. The monoisotopic (exact) mass is 291 g/mol. The largest absolute Gasteiger partial charge is 0.384 e. The Kier molecular flexibility index (Phi) is 4.08. The number of nitrogens with zero attached hydrogens (tertiary/aromatic N) is 1. The van der Waals surface area contributed by atoms with E-state index in [1.807, 2.05) is 0 Å². The Bertz CT molecular complexity index is 756. The van der Waals surface area contributed by atoms with Crippen LogP contribution in [-0.4, -0.2) is 30.3 Å². The van der Waals surface area contributed by atoms with Crippen LogP contribution in [0.4, 0.5) is 5.69 Å². The number of benzene rings is 1. The van der Waals surface area contributed by atoms with Crippen LogP contribution >= 0.6 is 0 Å². The van der Waals surface area contributed by atoms with Gasteiger partial charge in [-0.15, -0.1) is 0 Å². The summed E-state index contributed by atoms with van der Waals surface area (Å²) in [4.78, 5) is 0. The maximum Gasteiger partial charge on any atom is 0.278 e. The van der Waals surface area contributed by atoms with Crippen molar-refractivity contribution in [3.8, 4) is 11.8 Å². The zero-order chi connectivity index (χ0) is 14.6. The number of aliphatic hydroxyl groups is 1. The molecular weight excluding hydrogens is 278 g/mol. The number of aliphatic hydroxyl groups excluding tert-OH is 1. The maximum absolute atomic E-state index is 12.0. The minimum Gasteiger partial charge on any atom is -0.384 e. The van der Waals surface area contributed by atoms with Gasteiger partial charge in [0.05, 0.1) is 11.9 Å². The normalized spacial score (nSPS) is 10.7. The van der Waals surface area contributed by atoms with Crippen molar-refractivity contribution in [2.45, 2.75) is 11.9 Å². The van der Waals surface area contributed by atoms with E-state index in [2.05, 4.69) is 26.8 Å². The average molecular weight is 291 g/mol. The molecule has 0 saturated carbocycles. The summed E-state index contributed by atoms with van der Waals surface area (Å²) in [5.74, 6) is 5.29. The summed E-state index contributed by atoms with van der Waals surface area (Å²) in [5, 5.41) is 14.7. The Morgan fingerprint density at radius 2 is 2.20 bits per heavy atom. The van der Waals surface area contributed by atoms with Crippen LogP contribution in [0.15, 0.2) is 35.5 Å². The van der Waals surface area contributed by atoms with Crippen molar-refractivity contribution >= 4 is 15.7 Å². The number of hydrogen-bond donors (Lipinski definition) is 3. The molecule has 20 heavy (non-hydrogen) atoms. The summed E-state index contributed by atoms with van der Waals surface area (Å²) in [6.07, 6.45) is 1.37. The molecule has 0 aliphatic carbocycles. The number of sulfonamides is 1. The van der Waals surface area contributed by atoms with Crippen LogP contribution in [0.5, 0.6) is 0 Å². The first-order chi connectivity index (χ1) is 9.53. The molecule has 0 radical (unpaired) electrons. The third-order valence-electron chi connectivity index (χ3n) is 2.55. The van der Waals surface area contributed by atoms with E-state index in [1.54, 1.807) is 25.1 Å². The lowest BCUT2D eigenvalue weighted by Gasteiger charge is -2.09. The topological polar surface area (TPSA) is 95.1 Å². The molecular formula is C13H13N3O3S. The predicted octanol–water partition coefficient (Wildman–Crippen LogP) is 0.863. The molecule has 3 N–H and O–H groups in total. The Morgan fingerprint density at radius 1 is 1.40 bits per heavy atom. The highest BCUT2D eigenvalue weighted by Crippen LogP contribution is 2.19. The van der Waals surface area contributed by atoms with Gasteiger partial charge in [0.15, 0.2) is 5.03 Å². The van der Waals surface area contributed by atoms with Gasteiger partial charge in [-0.25, -0.2) is 0 Å². The first-order valence-electron chi connectivity index (χ1n) is 5.75. The summed E-state index contributed by atoms with van der Waals surface area (Å²) >= 11 is 0. The average Bonchev–Trinajstić information content (AvgIpc) is 2.94. The molecule has 2 aromatic rings. The standard InChI is InChI=1S/C13H13N3O3S/c1-10-9-11(3-2-8-17)4-5-12(10)16-20(18,19)13-6-7-14-15-13/h4-7,9,16-17H,8H2,1H3,(H,14,15). The summed E-state index contributed by atoms with van der Waals surface area (Å²) in [7, 11) is -3.67. The van der Waals surface area contributed by atoms with Crippen LogP contribution in [0.3, 0.4) is 0 Å². The van der Waals surface area contributed by atoms with E-state index in [0.29, 0.717) is 11.3 Å². The smallest absolute Gasteiger partial charge is 0.278 e. The number of H-pyrrole nitrogens is 1. The fraction of sp³-hybridized carbons (Fsp3) is 0.154. The van der Waals surface area contributed by atoms with Crippen molar-refractivity contribution in [1.29, 1.82) is 0 Å². The van der Waals surface area contributed by atoms with Crippen molar-refractivity contribution < 1.29 is 13.5 Å². The number of aromatic nitrogens is 2. The van der Waals surface area contributed by atoms with Gasteiger partial charge in [0.2, 0.25) is 0 Å². The second kappa shape index (κ2) is 5.77. The zero-order valence-corrected chi connectivity index (χ0v) is 11.5. The molecule has 1 aromatic carbocycles. The third kappa shape index (κ3) is 3.17. The van der Waals surface area contributed by atoms with Crippen LogP contribution in [0.1, 0.15) is 11.1 Å². The van der Waals surface area contributed by atoms with Gasteiger partial charge in [-0.3, -0.25) is 9.82 Å². The highest BCUT2D eigenvalue weighted by atomic mass is 32.2. The lowest BCUT2D eigenvalue weighted by atomic mass is 10.1. The highest BCUT2D eigenvalue weighted by molar-refractivity contribution is 7.92. The van der Waals surface area contributed by atoms with Crippen LogP contribution in [0, 0.1) is 18.8 Å². The van der Waals surface area contributed by atoms with Crippen molar-refractivity contribution in [3.05, 3.63) is 41.6 Å². The molecule has 0 spiro atoms. The molecule has 0 aliphatic heterocycles. The SMILES string of the molecule is Cc1cc(C#CCO)ccc1NS(=O)(=O)c1ccn[nH]1. The minimum atomic E-state index is -3.67. The Balaban J connectivity index is 2.27. The van der Waals surface area contributed by atoms with Crippen LogP contribution in [0.25, 0.3) is 0 Å². The highest BCUT2D eigenvalue weighted by Gasteiger charge is 2.16. The first kappa shape index (κ1) is 14.1. The quantitative estimate of drug-likeness (QED) is 0.731. The minimum absolute atomic E-state index is 0.000971. The molecule has 104 valence electrons. The van der Waals surface area contributed by atoms with Crippen molar-refractivity contribution in [3.63, 3.8) is 0 Å². The molecule has 1 heterocycles. The summed E-state index contributed by atoms with van der Waals surface area (Å²) in [6, 6.07) is 6.43. The molecule has 0 bridgehead atoms. The van der Waals surface area contributed by atoms with E-state index in [0.717, 1.165) is 5.56 Å². The molecule has 0 amide bonds. The number of hydrogen-bond acceptors (Lipinski definition) is 4. The number of rotatable bonds is 3. The predicted molar refractivity (Wildman–Crippen MR) is 74.5 cm³/mol. The Labute approximate surface area is 116 Å². The van der Waals surface area contributed by atoms with Gasteiger partial charge in [-0.05, 0) is 36.8 Å². The molecule has 0 saturated heterocycles. The van der Waals surface area contributed by atoms with Gasteiger partial charge < -0.3 is 5.11 Å². The van der Waals surface area contributed by atoms with Gasteiger partial charge in [-0.1, -0.05) is 11.8 Å². The van der Waals surface area contributed by atoms with Crippen molar-refractivity contribution in [2.75, 3.05) is 11.3 Å². The first-order valence-corrected chi connectivity index (χ1v) is 7.24. The molecule has 6 nitrogen and oxygen atoms in total. The van der Waals surface area contributed by atoms with Crippen LogP contribution < -0.4 is 4.72 Å². The summed E-state index contributed by atoms with van der Waals surface area (Å²) in [6.45, 7) is 1.56. The van der Waals surface area contributed by atoms with Gasteiger partial charge in [0.1, 0.15) is 6.61 Å². The van der Waals surface area contributed by atoms with E-state index >= 15 is 0 Å². The lowest BCUT2D eigenvalue weighted by Crippen LogP contribution is -2.14. The molecule has 0 atom stereocenters. The maximum atomic E-state index is 12.0. The van der Waals surface area contributed by atoms with Crippen LogP contribution in [0.2, 0.25) is 0 Å². The molecule has 0 fully saturated rings. The van der Waals surface area contributed by atoms with Gasteiger partial charge >= 0.3 is 0 Å². The number of aryl methyl sites for hydroxylation is 1. The molecule has 0 unspecified atom stereocenters. The second-order valence-electron chi connectivity index (χ2n) is 4.02. The molecule has 7 heteroatoms. The Morgan fingerprint density at radius 3 is 2.80 bits per heavy atom. The van der Waals surface area contributed by atoms with E-state index in [1.165, 1.54) is 12.3 Å². The van der Waals surface area contributed by atoms with Gasteiger partial charge in [0, 0.05) is 5.56 Å². The van der Waals surface area contributed by atoms with E-state index in [9.17, 15) is 8.42 Å². The van der Waals surface area contributed by atoms with E-state index < -0.39 is 10.0 Å². The molecule has 1 aromatic heterocycles. The molecule has 2 rings (SSSR count). The van der Waals surface area contributed by atoms with Gasteiger partial charge in [0.25, 0.3) is 10.0 Å². The number of nitrogens with one attached hydrogen (secondary N) is 2. The van der Waals surface area contributed by atoms with E-state index in [-0.39, 0.29) is 11.6 Å². The van der Waals surface area contributed by atoms with Crippen LogP contribution in [-0.2, 0) is 10.0 Å². The fourth-order valence-corrected chi connectivity index (χ4v) is 2.63. The number of anilines is 1. The Hall–Kier alpha value is -2.30.